The molecule has 0 amide bonds. The van der Waals surface area contributed by atoms with Crippen molar-refractivity contribution in [3.63, 3.8) is 0 Å². The topological polar surface area (TPSA) is 81.8 Å². The lowest BCUT2D eigenvalue weighted by Gasteiger charge is -2.36. The lowest BCUT2D eigenvalue weighted by Crippen LogP contribution is -2.44. The Labute approximate surface area is 129 Å². The number of hydrogen-bond acceptors (Lipinski definition) is 6. The van der Waals surface area contributed by atoms with E-state index in [9.17, 15) is 14.9 Å². The van der Waals surface area contributed by atoms with Crippen LogP contribution in [0.25, 0.3) is 0 Å². The van der Waals surface area contributed by atoms with Crippen molar-refractivity contribution in [1.29, 1.82) is 0 Å². The molecule has 6 nitrogen and oxygen atoms in total. The van der Waals surface area contributed by atoms with E-state index >= 15 is 0 Å². The minimum atomic E-state index is -2.15. The third kappa shape index (κ3) is 4.42. The Morgan fingerprint density at radius 1 is 1.38 bits per heavy atom. The van der Waals surface area contributed by atoms with Gasteiger partial charge < -0.3 is 4.43 Å². The average molecular weight is 326 g/mol. The van der Waals surface area contributed by atoms with Crippen molar-refractivity contribution < 1.29 is 14.1 Å². The number of nitrogens with zero attached hydrogens (tertiary/aromatic N) is 2. The van der Waals surface area contributed by atoms with Crippen molar-refractivity contribution >= 4 is 32.0 Å². The summed E-state index contributed by atoms with van der Waals surface area (Å²) in [7, 11) is -2.15. The molecule has 0 bridgehead atoms. The smallest absolute Gasteiger partial charge is 0.273 e. The van der Waals surface area contributed by atoms with Gasteiger partial charge in [-0.15, -0.1) is 4.40 Å². The first kappa shape index (κ1) is 17.4. The molecule has 0 aliphatic heterocycles. The van der Waals surface area contributed by atoms with E-state index in [4.69, 9.17) is 4.43 Å². The van der Waals surface area contributed by atoms with Crippen LogP contribution in [0.1, 0.15) is 20.8 Å². The SMILES string of the molecule is CC(C)(C)[Si](C)(C)Oc1cc([N+](=O)[O-])ccc1SN=C=O. The van der Waals surface area contributed by atoms with E-state index in [1.54, 1.807) is 0 Å². The molecule has 1 rings (SSSR count). The summed E-state index contributed by atoms with van der Waals surface area (Å²) in [4.78, 5) is 21.3. The van der Waals surface area contributed by atoms with Gasteiger partial charge >= 0.3 is 0 Å². The van der Waals surface area contributed by atoms with Crippen LogP contribution in [0, 0.1) is 10.1 Å². The molecule has 114 valence electrons. The summed E-state index contributed by atoms with van der Waals surface area (Å²) in [6.45, 7) is 10.3. The number of rotatable bonds is 5. The lowest BCUT2D eigenvalue weighted by atomic mass is 10.2. The van der Waals surface area contributed by atoms with Crippen LogP contribution in [0.2, 0.25) is 18.1 Å². The molecule has 0 unspecified atom stereocenters. The van der Waals surface area contributed by atoms with Crippen molar-refractivity contribution in [2.24, 2.45) is 4.40 Å². The van der Waals surface area contributed by atoms with Gasteiger partial charge in [-0.1, -0.05) is 20.8 Å². The van der Waals surface area contributed by atoms with Crippen LogP contribution in [-0.4, -0.2) is 19.3 Å². The summed E-state index contributed by atoms with van der Waals surface area (Å²) in [5.74, 6) is 0.389. The molecular weight excluding hydrogens is 308 g/mol. The first-order chi connectivity index (χ1) is 9.58. The highest BCUT2D eigenvalue weighted by molar-refractivity contribution is 7.98. The van der Waals surface area contributed by atoms with E-state index in [0.717, 1.165) is 11.9 Å². The Morgan fingerprint density at radius 2 is 2.00 bits per heavy atom. The lowest BCUT2D eigenvalue weighted by molar-refractivity contribution is -0.385. The number of hydrogen-bond donors (Lipinski definition) is 0. The first-order valence-corrected chi connectivity index (χ1v) is 9.98. The van der Waals surface area contributed by atoms with Gasteiger partial charge in [0.1, 0.15) is 5.75 Å². The van der Waals surface area contributed by atoms with Crippen LogP contribution in [0.15, 0.2) is 27.5 Å². The first-order valence-electron chi connectivity index (χ1n) is 6.30. The third-order valence-corrected chi connectivity index (χ3v) is 8.53. The number of carbonyl (C=O) groups excluding carboxylic acids is 1. The minimum Gasteiger partial charge on any atom is -0.543 e. The van der Waals surface area contributed by atoms with Gasteiger partial charge in [0, 0.05) is 18.0 Å². The highest BCUT2D eigenvalue weighted by Crippen LogP contribution is 2.41. The number of nitro benzene ring substituents is 1. The fraction of sp³-hybridized carbons (Fsp3) is 0.462. The molecule has 0 spiro atoms. The summed E-state index contributed by atoms with van der Waals surface area (Å²) >= 11 is 0.895. The molecule has 0 radical (unpaired) electrons. The molecule has 0 heterocycles. The monoisotopic (exact) mass is 326 g/mol. The van der Waals surface area contributed by atoms with Crippen LogP contribution in [-0.2, 0) is 4.79 Å². The highest BCUT2D eigenvalue weighted by atomic mass is 32.2. The fourth-order valence-electron chi connectivity index (χ4n) is 1.26. The van der Waals surface area contributed by atoms with Crippen LogP contribution < -0.4 is 4.43 Å². The number of non-ortho nitro benzene ring substituents is 1. The van der Waals surface area contributed by atoms with E-state index in [1.807, 2.05) is 13.1 Å². The van der Waals surface area contributed by atoms with Gasteiger partial charge in [0.25, 0.3) is 14.0 Å². The summed E-state index contributed by atoms with van der Waals surface area (Å²) in [5.41, 5.74) is -0.0526. The molecule has 0 N–H and O–H groups in total. The number of nitro groups is 1. The fourth-order valence-corrected chi connectivity index (χ4v) is 2.82. The van der Waals surface area contributed by atoms with Crippen molar-refractivity contribution in [2.75, 3.05) is 0 Å². The van der Waals surface area contributed by atoms with E-state index < -0.39 is 13.2 Å². The van der Waals surface area contributed by atoms with E-state index in [1.165, 1.54) is 24.3 Å². The second-order valence-corrected chi connectivity index (χ2v) is 11.6. The van der Waals surface area contributed by atoms with Gasteiger partial charge in [-0.25, -0.2) is 4.79 Å². The molecule has 8 heteroatoms. The molecule has 0 fully saturated rings. The van der Waals surface area contributed by atoms with E-state index in [0.29, 0.717) is 10.6 Å². The molecule has 21 heavy (non-hydrogen) atoms. The van der Waals surface area contributed by atoms with Crippen molar-refractivity contribution in [3.8, 4) is 5.75 Å². The molecule has 0 aliphatic rings. The number of isocyanates is 1. The Hall–Kier alpha value is -1.63. The average Bonchev–Trinajstić information content (AvgIpc) is 2.35. The molecule has 0 saturated heterocycles. The summed E-state index contributed by atoms with van der Waals surface area (Å²) in [6, 6.07) is 4.27. The number of benzene rings is 1. The van der Waals surface area contributed by atoms with Gasteiger partial charge in [-0.2, -0.15) is 0 Å². The van der Waals surface area contributed by atoms with Gasteiger partial charge in [0.15, 0.2) is 0 Å². The molecule has 0 atom stereocenters. The Kier molecular flexibility index (Phi) is 5.33. The van der Waals surface area contributed by atoms with Crippen LogP contribution >= 0.6 is 11.9 Å². The Bertz CT molecular complexity index is 592. The zero-order chi connectivity index (χ0) is 16.3. The second-order valence-electron chi connectivity index (χ2n) is 6.02. The second kappa shape index (κ2) is 6.42. The van der Waals surface area contributed by atoms with Gasteiger partial charge in [-0.3, -0.25) is 10.1 Å². The highest BCUT2D eigenvalue weighted by Gasteiger charge is 2.39. The van der Waals surface area contributed by atoms with Crippen molar-refractivity contribution in [1.82, 2.24) is 0 Å². The zero-order valence-electron chi connectivity index (χ0n) is 12.7. The summed E-state index contributed by atoms with van der Waals surface area (Å²) in [5, 5.41) is 10.9. The standard InChI is InChI=1S/C13H18N2O4SSi/c1-13(2,3)21(4,5)19-11-8-10(15(17)18)6-7-12(11)20-14-9-16/h6-8H,1-5H3. The maximum Gasteiger partial charge on any atom is 0.273 e. The van der Waals surface area contributed by atoms with Gasteiger partial charge in [-0.05, 0) is 24.2 Å². The van der Waals surface area contributed by atoms with Gasteiger partial charge in [0.05, 0.1) is 15.9 Å². The quantitative estimate of drug-likeness (QED) is 0.201. The Morgan fingerprint density at radius 3 is 2.48 bits per heavy atom. The molecule has 1 aromatic carbocycles. The van der Waals surface area contributed by atoms with Crippen LogP contribution in [0.3, 0.4) is 0 Å². The molecule has 0 aliphatic carbocycles. The van der Waals surface area contributed by atoms with Gasteiger partial charge in [0.2, 0.25) is 6.08 Å². The minimum absolute atomic E-state index is 0.0481. The van der Waals surface area contributed by atoms with Crippen molar-refractivity contribution in [3.05, 3.63) is 28.3 Å². The van der Waals surface area contributed by atoms with Crippen molar-refractivity contribution in [2.45, 2.75) is 43.8 Å². The maximum absolute atomic E-state index is 10.9. The molecule has 1 aromatic rings. The third-order valence-electron chi connectivity index (χ3n) is 3.49. The predicted octanol–water partition coefficient (Wildman–Crippen LogP) is 4.32. The zero-order valence-corrected chi connectivity index (χ0v) is 14.5. The summed E-state index contributed by atoms with van der Waals surface area (Å²) in [6.07, 6.45) is 1.43. The molecular formula is C13H18N2O4SSi. The molecule has 0 aromatic heterocycles. The van der Waals surface area contributed by atoms with E-state index in [-0.39, 0.29) is 10.7 Å². The maximum atomic E-state index is 10.9. The van der Waals surface area contributed by atoms with Crippen LogP contribution in [0.5, 0.6) is 5.75 Å². The van der Waals surface area contributed by atoms with E-state index in [2.05, 4.69) is 25.2 Å². The molecule has 0 saturated carbocycles. The normalized spacial score (nSPS) is 11.7. The van der Waals surface area contributed by atoms with Crippen LogP contribution in [0.4, 0.5) is 5.69 Å². The summed E-state index contributed by atoms with van der Waals surface area (Å²) < 4.78 is 9.56. The predicted molar refractivity (Wildman–Crippen MR) is 84.9 cm³/mol. The Balaban J connectivity index is 3.26. The largest absolute Gasteiger partial charge is 0.543 e.